The van der Waals surface area contributed by atoms with E-state index in [4.69, 9.17) is 4.74 Å². The van der Waals surface area contributed by atoms with E-state index in [1.54, 1.807) is 19.0 Å². The molecule has 1 aliphatic heterocycles. The van der Waals surface area contributed by atoms with Gasteiger partial charge in [-0.3, -0.25) is 9.69 Å². The first-order valence-electron chi connectivity index (χ1n) is 14.1. The zero-order valence-electron chi connectivity index (χ0n) is 23.0. The highest BCUT2D eigenvalue weighted by Gasteiger charge is 2.30. The van der Waals surface area contributed by atoms with Gasteiger partial charge in [0.05, 0.1) is 6.61 Å². The van der Waals surface area contributed by atoms with Crippen LogP contribution in [-0.2, 0) is 17.9 Å². The summed E-state index contributed by atoms with van der Waals surface area (Å²) in [5.41, 5.74) is 4.31. The topological polar surface area (TPSA) is 58.0 Å². The van der Waals surface area contributed by atoms with Crippen LogP contribution < -0.4 is 9.64 Å². The lowest BCUT2D eigenvalue weighted by Gasteiger charge is -2.36. The largest absolute Gasteiger partial charge is 0.493 e. The van der Waals surface area contributed by atoms with E-state index in [0.29, 0.717) is 25.6 Å². The lowest BCUT2D eigenvalue weighted by molar-refractivity contribution is -0.129. The molecule has 2 aromatic carbocycles. The summed E-state index contributed by atoms with van der Waals surface area (Å²) in [4.78, 5) is 31.4. The van der Waals surface area contributed by atoms with Crippen molar-refractivity contribution in [2.45, 2.75) is 64.5 Å². The van der Waals surface area contributed by atoms with Crippen molar-refractivity contribution in [3.63, 3.8) is 0 Å². The standard InChI is InChI=1S/C31H40N4O3/c1-4-5-6-19-38-29-20-25(13-14-27(29)23-11-12-23)35-17-8-16-34(31(35)37)21-24-9-7-10-28-26(24)15-18-33(28)22-30(36)32(2)3/h7,9-10,13-15,18,20,23H,4-6,8,11-12,16-17,19,21-22H2,1-3H3. The number of aromatic nitrogens is 1. The van der Waals surface area contributed by atoms with Crippen molar-refractivity contribution in [2.75, 3.05) is 38.7 Å². The molecule has 0 spiro atoms. The molecule has 0 unspecified atom stereocenters. The third-order valence-corrected chi connectivity index (χ3v) is 7.71. The van der Waals surface area contributed by atoms with Gasteiger partial charge in [0.15, 0.2) is 0 Å². The molecule has 0 bridgehead atoms. The maximum Gasteiger partial charge on any atom is 0.324 e. The number of ether oxygens (including phenoxy) is 1. The third kappa shape index (κ3) is 5.66. The molecule has 1 aliphatic carbocycles. The molecule has 7 heteroatoms. The predicted molar refractivity (Wildman–Crippen MR) is 152 cm³/mol. The minimum Gasteiger partial charge on any atom is -0.493 e. The number of urea groups is 1. The average molecular weight is 517 g/mol. The minimum absolute atomic E-state index is 0.0339. The van der Waals surface area contributed by atoms with Gasteiger partial charge in [-0.25, -0.2) is 4.79 Å². The van der Waals surface area contributed by atoms with Gasteiger partial charge in [-0.05, 0) is 60.9 Å². The highest BCUT2D eigenvalue weighted by atomic mass is 16.5. The fourth-order valence-electron chi connectivity index (χ4n) is 5.31. The first-order chi connectivity index (χ1) is 18.5. The fraction of sp³-hybridized carbons (Fsp3) is 0.484. The lowest BCUT2D eigenvalue weighted by atomic mass is 10.1. The Hall–Kier alpha value is -3.48. The number of fused-ring (bicyclic) bond motifs is 1. The van der Waals surface area contributed by atoms with Gasteiger partial charge in [-0.2, -0.15) is 0 Å². The van der Waals surface area contributed by atoms with Crippen LogP contribution in [0.15, 0.2) is 48.7 Å². The number of nitrogens with zero attached hydrogens (tertiary/aromatic N) is 4. The van der Waals surface area contributed by atoms with E-state index < -0.39 is 0 Å². The van der Waals surface area contributed by atoms with Crippen LogP contribution in [0.1, 0.15) is 62.5 Å². The van der Waals surface area contributed by atoms with E-state index in [-0.39, 0.29) is 11.9 Å². The Morgan fingerprint density at radius 2 is 1.92 bits per heavy atom. The molecule has 3 amide bonds. The van der Waals surface area contributed by atoms with Crippen molar-refractivity contribution in [1.82, 2.24) is 14.4 Å². The van der Waals surface area contributed by atoms with E-state index in [1.807, 2.05) is 32.7 Å². The predicted octanol–water partition coefficient (Wildman–Crippen LogP) is 6.01. The molecule has 2 aliphatic rings. The van der Waals surface area contributed by atoms with Gasteiger partial charge in [0, 0.05) is 62.6 Å². The number of rotatable bonds is 11. The molecule has 0 atom stereocenters. The van der Waals surface area contributed by atoms with Gasteiger partial charge >= 0.3 is 6.03 Å². The van der Waals surface area contributed by atoms with Crippen LogP contribution in [0.2, 0.25) is 0 Å². The van der Waals surface area contributed by atoms with Crippen molar-refractivity contribution in [1.29, 1.82) is 0 Å². The van der Waals surface area contributed by atoms with Crippen LogP contribution in [0.4, 0.5) is 10.5 Å². The molecule has 2 fully saturated rings. The number of benzene rings is 2. The second kappa shape index (κ2) is 11.5. The van der Waals surface area contributed by atoms with E-state index in [0.717, 1.165) is 53.9 Å². The van der Waals surface area contributed by atoms with E-state index in [9.17, 15) is 9.59 Å². The number of unbranched alkanes of at least 4 members (excludes halogenated alkanes) is 2. The van der Waals surface area contributed by atoms with Gasteiger partial charge in [0.2, 0.25) is 5.91 Å². The maximum atomic E-state index is 13.7. The third-order valence-electron chi connectivity index (χ3n) is 7.71. The van der Waals surface area contributed by atoms with Gasteiger partial charge < -0.3 is 19.1 Å². The van der Waals surface area contributed by atoms with Crippen molar-refractivity contribution < 1.29 is 14.3 Å². The monoisotopic (exact) mass is 516 g/mol. The fourth-order valence-corrected chi connectivity index (χ4v) is 5.31. The summed E-state index contributed by atoms with van der Waals surface area (Å²) >= 11 is 0. The SMILES string of the molecule is CCCCCOc1cc(N2CCCN(Cc3cccc4c3ccn4CC(=O)N(C)C)C2=O)ccc1C1CC1. The van der Waals surface area contributed by atoms with Crippen molar-refractivity contribution >= 4 is 28.5 Å². The highest BCUT2D eigenvalue weighted by molar-refractivity contribution is 5.93. The number of carbonyl (C=O) groups is 2. The number of hydrogen-bond acceptors (Lipinski definition) is 3. The minimum atomic E-state index is 0.0339. The first-order valence-corrected chi connectivity index (χ1v) is 14.1. The highest BCUT2D eigenvalue weighted by Crippen LogP contribution is 2.45. The number of anilines is 1. The van der Waals surface area contributed by atoms with Gasteiger partial charge in [-0.15, -0.1) is 0 Å². The molecular weight excluding hydrogens is 476 g/mol. The Bertz CT molecular complexity index is 1290. The molecule has 2 heterocycles. The van der Waals surface area contributed by atoms with Gasteiger partial charge in [-0.1, -0.05) is 38.0 Å². The molecular formula is C31H40N4O3. The summed E-state index contributed by atoms with van der Waals surface area (Å²) in [6, 6.07) is 14.6. The summed E-state index contributed by atoms with van der Waals surface area (Å²) in [5, 5.41) is 1.08. The quantitative estimate of drug-likeness (QED) is 0.293. The summed E-state index contributed by atoms with van der Waals surface area (Å²) in [6.45, 7) is 5.20. The van der Waals surface area contributed by atoms with Crippen molar-refractivity contribution in [2.24, 2.45) is 0 Å². The number of carbonyl (C=O) groups excluding carboxylic acids is 2. The molecule has 3 aromatic rings. The van der Waals surface area contributed by atoms with Crippen molar-refractivity contribution in [3.05, 3.63) is 59.8 Å². The van der Waals surface area contributed by atoms with Crippen LogP contribution in [-0.4, -0.2) is 60.1 Å². The van der Waals surface area contributed by atoms with Crippen molar-refractivity contribution in [3.8, 4) is 5.75 Å². The van der Waals surface area contributed by atoms with Gasteiger partial charge in [0.1, 0.15) is 12.3 Å². The molecule has 7 nitrogen and oxygen atoms in total. The average Bonchev–Trinajstić information content (AvgIpc) is 3.68. The molecule has 1 saturated heterocycles. The zero-order valence-corrected chi connectivity index (χ0v) is 23.0. The molecule has 202 valence electrons. The number of hydrogen-bond donors (Lipinski definition) is 0. The van der Waals surface area contributed by atoms with E-state index >= 15 is 0 Å². The summed E-state index contributed by atoms with van der Waals surface area (Å²) in [7, 11) is 3.54. The Kier molecular flexibility index (Phi) is 7.91. The Morgan fingerprint density at radius 3 is 2.68 bits per heavy atom. The molecule has 38 heavy (non-hydrogen) atoms. The lowest BCUT2D eigenvalue weighted by Crippen LogP contribution is -2.49. The number of likely N-dealkylation sites (N-methyl/N-ethyl adjacent to an activating group) is 1. The second-order valence-corrected chi connectivity index (χ2v) is 10.8. The van der Waals surface area contributed by atoms with E-state index in [2.05, 4.69) is 37.3 Å². The van der Waals surface area contributed by atoms with Crippen LogP contribution in [0, 0.1) is 0 Å². The smallest absolute Gasteiger partial charge is 0.324 e. The Morgan fingerprint density at radius 1 is 1.08 bits per heavy atom. The molecule has 0 N–H and O–H groups in total. The number of amides is 3. The first kappa shape index (κ1) is 26.1. The van der Waals surface area contributed by atoms with Crippen LogP contribution in [0.5, 0.6) is 5.75 Å². The van der Waals surface area contributed by atoms with Gasteiger partial charge in [0.25, 0.3) is 0 Å². The zero-order chi connectivity index (χ0) is 26.6. The Labute approximate surface area is 225 Å². The Balaban J connectivity index is 1.33. The van der Waals surface area contributed by atoms with Crippen LogP contribution >= 0.6 is 0 Å². The summed E-state index contributed by atoms with van der Waals surface area (Å²) < 4.78 is 8.22. The molecule has 1 aromatic heterocycles. The van der Waals surface area contributed by atoms with E-state index in [1.165, 1.54) is 31.2 Å². The molecule has 0 radical (unpaired) electrons. The summed E-state index contributed by atoms with van der Waals surface area (Å²) in [6.07, 6.45) is 8.71. The molecule has 1 saturated carbocycles. The maximum absolute atomic E-state index is 13.7. The second-order valence-electron chi connectivity index (χ2n) is 10.8. The summed E-state index contributed by atoms with van der Waals surface area (Å²) in [5.74, 6) is 1.60. The van der Waals surface area contributed by atoms with Crippen LogP contribution in [0.3, 0.4) is 0 Å². The normalized spacial score (nSPS) is 15.8. The molecule has 5 rings (SSSR count). The van der Waals surface area contributed by atoms with Crippen LogP contribution in [0.25, 0.3) is 10.9 Å².